The van der Waals surface area contributed by atoms with Crippen molar-refractivity contribution in [1.29, 1.82) is 0 Å². The summed E-state index contributed by atoms with van der Waals surface area (Å²) in [7, 11) is 0. The van der Waals surface area contributed by atoms with Crippen LogP contribution in [0.2, 0.25) is 0 Å². The predicted octanol–water partition coefficient (Wildman–Crippen LogP) is 2.97. The van der Waals surface area contributed by atoms with Gasteiger partial charge in [-0.15, -0.1) is 0 Å². The summed E-state index contributed by atoms with van der Waals surface area (Å²) in [6.07, 6.45) is 10.4. The van der Waals surface area contributed by atoms with Gasteiger partial charge in [-0.25, -0.2) is 0 Å². The molecule has 3 nitrogen and oxygen atoms in total. The molecule has 2 N–H and O–H groups in total. The molecule has 2 heterocycles. The normalized spacial score (nSPS) is 37.4. The lowest BCUT2D eigenvalue weighted by molar-refractivity contribution is -0.100. The third kappa shape index (κ3) is 3.70. The second-order valence-corrected chi connectivity index (χ2v) is 8.18. The highest BCUT2D eigenvalue weighted by Crippen LogP contribution is 2.38. The van der Waals surface area contributed by atoms with Crippen LogP contribution < -0.4 is 5.73 Å². The molecule has 1 spiro atoms. The highest BCUT2D eigenvalue weighted by molar-refractivity contribution is 7.99. The van der Waals surface area contributed by atoms with E-state index in [9.17, 15) is 0 Å². The van der Waals surface area contributed by atoms with Crippen LogP contribution in [0.4, 0.5) is 0 Å². The fourth-order valence-corrected chi connectivity index (χ4v) is 5.34. The van der Waals surface area contributed by atoms with Crippen LogP contribution in [-0.2, 0) is 9.47 Å². The molecule has 3 fully saturated rings. The average molecular weight is 299 g/mol. The smallest absolute Gasteiger partial charge is 0.0939 e. The molecule has 0 bridgehead atoms. The van der Waals surface area contributed by atoms with Crippen molar-refractivity contribution in [2.45, 2.75) is 68.3 Å². The minimum atomic E-state index is 0.00996. The van der Waals surface area contributed by atoms with Gasteiger partial charge in [0.15, 0.2) is 0 Å². The van der Waals surface area contributed by atoms with Crippen LogP contribution in [0.15, 0.2) is 0 Å². The first kappa shape index (κ1) is 15.1. The largest absolute Gasteiger partial charge is 0.378 e. The Morgan fingerprint density at radius 2 is 2.00 bits per heavy atom. The molecule has 3 atom stereocenters. The fourth-order valence-electron chi connectivity index (χ4n) is 3.91. The monoisotopic (exact) mass is 299 g/mol. The topological polar surface area (TPSA) is 44.5 Å². The summed E-state index contributed by atoms with van der Waals surface area (Å²) in [6.45, 7) is 2.51. The van der Waals surface area contributed by atoms with Crippen LogP contribution in [0.3, 0.4) is 0 Å². The van der Waals surface area contributed by atoms with Crippen molar-refractivity contribution < 1.29 is 9.47 Å². The summed E-state index contributed by atoms with van der Waals surface area (Å²) < 4.78 is 11.6. The predicted molar refractivity (Wildman–Crippen MR) is 84.1 cm³/mol. The summed E-state index contributed by atoms with van der Waals surface area (Å²) in [6, 6.07) is 0.336. The molecule has 4 heteroatoms. The van der Waals surface area contributed by atoms with Gasteiger partial charge >= 0.3 is 0 Å². The van der Waals surface area contributed by atoms with E-state index >= 15 is 0 Å². The molecule has 0 aromatic carbocycles. The highest BCUT2D eigenvalue weighted by Gasteiger charge is 2.42. The minimum Gasteiger partial charge on any atom is -0.378 e. The van der Waals surface area contributed by atoms with Crippen LogP contribution in [0.5, 0.6) is 0 Å². The molecule has 116 valence electrons. The van der Waals surface area contributed by atoms with Gasteiger partial charge in [-0.2, -0.15) is 11.8 Å². The Bertz CT molecular complexity index is 301. The molecule has 20 heavy (non-hydrogen) atoms. The first-order chi connectivity index (χ1) is 9.77. The lowest BCUT2D eigenvalue weighted by Crippen LogP contribution is -2.46. The number of thioether (sulfide) groups is 1. The quantitative estimate of drug-likeness (QED) is 0.867. The lowest BCUT2D eigenvalue weighted by atomic mass is 9.82. The first-order valence-corrected chi connectivity index (χ1v) is 9.41. The van der Waals surface area contributed by atoms with Crippen LogP contribution in [0, 0.1) is 5.92 Å². The van der Waals surface area contributed by atoms with Crippen molar-refractivity contribution in [3.63, 3.8) is 0 Å². The van der Waals surface area contributed by atoms with Crippen LogP contribution >= 0.6 is 11.8 Å². The third-order valence-electron chi connectivity index (χ3n) is 5.28. The van der Waals surface area contributed by atoms with E-state index in [0.717, 1.165) is 50.1 Å². The standard InChI is InChI=1S/C16H29NO2S/c17-15(11-20-14-4-2-1-3-5-14)13-6-8-19-16(10-13)7-9-18-12-16/h13-15H,1-12,17H2. The second kappa shape index (κ2) is 6.99. The minimum absolute atomic E-state index is 0.00996. The van der Waals surface area contributed by atoms with E-state index in [1.54, 1.807) is 0 Å². The van der Waals surface area contributed by atoms with Gasteiger partial charge in [0, 0.05) is 36.7 Å². The molecular formula is C16H29NO2S. The number of hydrogen-bond donors (Lipinski definition) is 1. The van der Waals surface area contributed by atoms with Gasteiger partial charge in [0.1, 0.15) is 0 Å². The number of rotatable bonds is 4. The molecule has 0 aromatic rings. The molecule has 1 saturated carbocycles. The Balaban J connectivity index is 1.45. The molecule has 2 aliphatic heterocycles. The van der Waals surface area contributed by atoms with E-state index < -0.39 is 0 Å². The Labute approximate surface area is 127 Å². The highest BCUT2D eigenvalue weighted by atomic mass is 32.2. The van der Waals surface area contributed by atoms with E-state index in [-0.39, 0.29) is 5.60 Å². The summed E-state index contributed by atoms with van der Waals surface area (Å²) >= 11 is 2.13. The van der Waals surface area contributed by atoms with Gasteiger partial charge in [0.25, 0.3) is 0 Å². The van der Waals surface area contributed by atoms with Crippen molar-refractivity contribution in [2.75, 3.05) is 25.6 Å². The van der Waals surface area contributed by atoms with E-state index in [4.69, 9.17) is 15.2 Å². The molecular weight excluding hydrogens is 270 g/mol. The van der Waals surface area contributed by atoms with E-state index in [0.29, 0.717) is 12.0 Å². The summed E-state index contributed by atoms with van der Waals surface area (Å²) in [5.74, 6) is 1.76. The zero-order valence-corrected chi connectivity index (χ0v) is 13.3. The number of ether oxygens (including phenoxy) is 2. The van der Waals surface area contributed by atoms with Gasteiger partial charge in [0.2, 0.25) is 0 Å². The van der Waals surface area contributed by atoms with Gasteiger partial charge in [0.05, 0.1) is 12.2 Å². The zero-order chi connectivity index (χ0) is 13.8. The number of nitrogens with two attached hydrogens (primary N) is 1. The summed E-state index contributed by atoms with van der Waals surface area (Å²) in [5.41, 5.74) is 6.51. The van der Waals surface area contributed by atoms with E-state index in [1.165, 1.54) is 32.1 Å². The molecule has 3 aliphatic rings. The van der Waals surface area contributed by atoms with E-state index in [1.807, 2.05) is 0 Å². The fraction of sp³-hybridized carbons (Fsp3) is 1.00. The van der Waals surface area contributed by atoms with Crippen molar-refractivity contribution in [2.24, 2.45) is 11.7 Å². The first-order valence-electron chi connectivity index (χ1n) is 8.36. The molecule has 3 unspecified atom stereocenters. The summed E-state index contributed by atoms with van der Waals surface area (Å²) in [5, 5.41) is 0.874. The molecule has 0 aromatic heterocycles. The second-order valence-electron chi connectivity index (χ2n) is 6.84. The maximum absolute atomic E-state index is 6.50. The van der Waals surface area contributed by atoms with Crippen molar-refractivity contribution >= 4 is 11.8 Å². The van der Waals surface area contributed by atoms with Crippen molar-refractivity contribution in [3.8, 4) is 0 Å². The van der Waals surface area contributed by atoms with Crippen molar-refractivity contribution in [1.82, 2.24) is 0 Å². The molecule has 0 radical (unpaired) electrons. The molecule has 1 aliphatic carbocycles. The summed E-state index contributed by atoms with van der Waals surface area (Å²) in [4.78, 5) is 0. The van der Waals surface area contributed by atoms with E-state index in [2.05, 4.69) is 11.8 Å². The Morgan fingerprint density at radius 1 is 1.15 bits per heavy atom. The zero-order valence-electron chi connectivity index (χ0n) is 12.5. The SMILES string of the molecule is NC(CSC1CCCCC1)C1CCOC2(CCOC2)C1. The Morgan fingerprint density at radius 3 is 2.75 bits per heavy atom. The van der Waals surface area contributed by atoms with Crippen molar-refractivity contribution in [3.05, 3.63) is 0 Å². The van der Waals surface area contributed by atoms with Gasteiger partial charge in [-0.1, -0.05) is 19.3 Å². The maximum Gasteiger partial charge on any atom is 0.0939 e. The van der Waals surface area contributed by atoms with Gasteiger partial charge < -0.3 is 15.2 Å². The third-order valence-corrected chi connectivity index (χ3v) is 6.80. The molecule has 0 amide bonds. The van der Waals surface area contributed by atoms with Crippen LogP contribution in [0.25, 0.3) is 0 Å². The van der Waals surface area contributed by atoms with Gasteiger partial charge in [-0.3, -0.25) is 0 Å². The number of hydrogen-bond acceptors (Lipinski definition) is 4. The average Bonchev–Trinajstić information content (AvgIpc) is 2.93. The Hall–Kier alpha value is 0.230. The lowest BCUT2D eigenvalue weighted by Gasteiger charge is -2.39. The van der Waals surface area contributed by atoms with Crippen LogP contribution in [-0.4, -0.2) is 42.5 Å². The van der Waals surface area contributed by atoms with Crippen LogP contribution in [0.1, 0.15) is 51.4 Å². The molecule has 3 rings (SSSR count). The van der Waals surface area contributed by atoms with Gasteiger partial charge in [-0.05, 0) is 31.6 Å². The maximum atomic E-state index is 6.50. The Kier molecular flexibility index (Phi) is 5.29. The molecule has 2 saturated heterocycles.